The first-order chi connectivity index (χ1) is 10.1. The zero-order valence-corrected chi connectivity index (χ0v) is 13.1. The SMILES string of the molecule is CC(C)c1ccc(CC(Sc2ccccc2)C(=O)O)cc1. The van der Waals surface area contributed by atoms with Crippen molar-refractivity contribution in [3.05, 3.63) is 65.7 Å². The van der Waals surface area contributed by atoms with Crippen LogP contribution in [0.5, 0.6) is 0 Å². The quantitative estimate of drug-likeness (QED) is 0.792. The Morgan fingerprint density at radius 2 is 1.67 bits per heavy atom. The molecule has 0 fully saturated rings. The lowest BCUT2D eigenvalue weighted by atomic mass is 10.0. The van der Waals surface area contributed by atoms with Gasteiger partial charge in [0, 0.05) is 4.90 Å². The molecule has 0 saturated heterocycles. The third-order valence-electron chi connectivity index (χ3n) is 3.36. The Kier molecular flexibility index (Phi) is 5.45. The highest BCUT2D eigenvalue weighted by Crippen LogP contribution is 2.26. The van der Waals surface area contributed by atoms with Gasteiger partial charge in [-0.05, 0) is 35.6 Å². The smallest absolute Gasteiger partial charge is 0.317 e. The summed E-state index contributed by atoms with van der Waals surface area (Å²) in [4.78, 5) is 12.5. The Hall–Kier alpha value is -1.74. The summed E-state index contributed by atoms with van der Waals surface area (Å²) >= 11 is 1.40. The number of benzene rings is 2. The molecule has 0 amide bonds. The van der Waals surface area contributed by atoms with Gasteiger partial charge < -0.3 is 5.11 Å². The maximum Gasteiger partial charge on any atom is 0.317 e. The lowest BCUT2D eigenvalue weighted by molar-refractivity contribution is -0.136. The second kappa shape index (κ2) is 7.32. The highest BCUT2D eigenvalue weighted by molar-refractivity contribution is 8.00. The molecule has 0 aliphatic heterocycles. The third kappa shape index (κ3) is 4.64. The standard InChI is InChI=1S/C18H20O2S/c1-13(2)15-10-8-14(9-11-15)12-17(18(19)20)21-16-6-4-3-5-7-16/h3-11,13,17H,12H2,1-2H3,(H,19,20). The van der Waals surface area contributed by atoms with Crippen molar-refractivity contribution >= 4 is 17.7 Å². The molecule has 0 bridgehead atoms. The minimum atomic E-state index is -0.767. The van der Waals surface area contributed by atoms with Gasteiger partial charge in [-0.2, -0.15) is 0 Å². The van der Waals surface area contributed by atoms with Gasteiger partial charge in [0.2, 0.25) is 0 Å². The summed E-state index contributed by atoms with van der Waals surface area (Å²) in [5.74, 6) is -0.273. The molecule has 0 saturated carbocycles. The van der Waals surface area contributed by atoms with Crippen LogP contribution in [0, 0.1) is 0 Å². The van der Waals surface area contributed by atoms with E-state index in [1.165, 1.54) is 17.3 Å². The Labute approximate surface area is 130 Å². The molecule has 0 spiro atoms. The first-order valence-corrected chi connectivity index (χ1v) is 7.97. The molecule has 0 aliphatic rings. The summed E-state index contributed by atoms with van der Waals surface area (Å²) in [6, 6.07) is 17.9. The molecule has 3 heteroatoms. The van der Waals surface area contributed by atoms with E-state index in [1.54, 1.807) is 0 Å². The van der Waals surface area contributed by atoms with Gasteiger partial charge in [0.25, 0.3) is 0 Å². The van der Waals surface area contributed by atoms with Gasteiger partial charge >= 0.3 is 5.97 Å². The summed E-state index contributed by atoms with van der Waals surface area (Å²) in [6.07, 6.45) is 0.535. The van der Waals surface area contributed by atoms with Gasteiger partial charge in [0.05, 0.1) is 0 Å². The van der Waals surface area contributed by atoms with E-state index in [1.807, 2.05) is 42.5 Å². The lowest BCUT2D eigenvalue weighted by Gasteiger charge is -2.13. The highest BCUT2D eigenvalue weighted by atomic mass is 32.2. The van der Waals surface area contributed by atoms with Crippen LogP contribution in [-0.2, 0) is 11.2 Å². The van der Waals surface area contributed by atoms with E-state index in [-0.39, 0.29) is 0 Å². The Balaban J connectivity index is 2.07. The zero-order chi connectivity index (χ0) is 15.2. The Morgan fingerprint density at radius 1 is 1.05 bits per heavy atom. The molecule has 1 atom stereocenters. The van der Waals surface area contributed by atoms with Crippen molar-refractivity contribution in [2.24, 2.45) is 0 Å². The van der Waals surface area contributed by atoms with Crippen molar-refractivity contribution in [2.45, 2.75) is 36.3 Å². The predicted molar refractivity (Wildman–Crippen MR) is 88.0 cm³/mol. The molecule has 2 nitrogen and oxygen atoms in total. The molecule has 2 rings (SSSR count). The van der Waals surface area contributed by atoms with Crippen molar-refractivity contribution in [3.63, 3.8) is 0 Å². The second-order valence-electron chi connectivity index (χ2n) is 5.36. The lowest BCUT2D eigenvalue weighted by Crippen LogP contribution is -2.19. The van der Waals surface area contributed by atoms with Crippen LogP contribution in [0.15, 0.2) is 59.5 Å². The molecule has 2 aromatic carbocycles. The zero-order valence-electron chi connectivity index (χ0n) is 12.3. The fraction of sp³-hybridized carbons (Fsp3) is 0.278. The van der Waals surface area contributed by atoms with E-state index in [2.05, 4.69) is 26.0 Å². The summed E-state index contributed by atoms with van der Waals surface area (Å²) in [5, 5.41) is 8.96. The number of aliphatic carboxylic acids is 1. The molecule has 0 radical (unpaired) electrons. The van der Waals surface area contributed by atoms with Gasteiger partial charge in [-0.1, -0.05) is 56.3 Å². The number of hydrogen-bond donors (Lipinski definition) is 1. The number of rotatable bonds is 6. The maximum absolute atomic E-state index is 11.5. The average Bonchev–Trinajstić information content (AvgIpc) is 2.48. The van der Waals surface area contributed by atoms with Crippen LogP contribution in [0.4, 0.5) is 0 Å². The molecule has 110 valence electrons. The van der Waals surface area contributed by atoms with Crippen molar-refractivity contribution < 1.29 is 9.90 Å². The van der Waals surface area contributed by atoms with E-state index in [0.29, 0.717) is 12.3 Å². The molecule has 21 heavy (non-hydrogen) atoms. The first-order valence-electron chi connectivity index (χ1n) is 7.09. The van der Waals surface area contributed by atoms with Gasteiger partial charge in [-0.3, -0.25) is 4.79 Å². The fourth-order valence-corrected chi connectivity index (χ4v) is 3.11. The van der Waals surface area contributed by atoms with Crippen LogP contribution in [-0.4, -0.2) is 16.3 Å². The average molecular weight is 300 g/mol. The number of carboxylic acids is 1. The van der Waals surface area contributed by atoms with Crippen molar-refractivity contribution in [1.29, 1.82) is 0 Å². The van der Waals surface area contributed by atoms with Gasteiger partial charge in [-0.25, -0.2) is 0 Å². The largest absolute Gasteiger partial charge is 0.480 e. The first kappa shape index (κ1) is 15.6. The van der Waals surface area contributed by atoms with Crippen molar-refractivity contribution in [1.82, 2.24) is 0 Å². The van der Waals surface area contributed by atoms with Crippen molar-refractivity contribution in [2.75, 3.05) is 0 Å². The van der Waals surface area contributed by atoms with Crippen LogP contribution in [0.2, 0.25) is 0 Å². The van der Waals surface area contributed by atoms with E-state index in [0.717, 1.165) is 10.5 Å². The molecule has 2 aromatic rings. The Bertz CT molecular complexity index is 576. The van der Waals surface area contributed by atoms with Crippen molar-refractivity contribution in [3.8, 4) is 0 Å². The van der Waals surface area contributed by atoms with E-state index >= 15 is 0 Å². The van der Waals surface area contributed by atoms with Crippen LogP contribution >= 0.6 is 11.8 Å². The second-order valence-corrected chi connectivity index (χ2v) is 6.63. The molecule has 0 aliphatic carbocycles. The van der Waals surface area contributed by atoms with Gasteiger partial charge in [0.15, 0.2) is 0 Å². The number of thioether (sulfide) groups is 1. The minimum Gasteiger partial charge on any atom is -0.480 e. The highest BCUT2D eigenvalue weighted by Gasteiger charge is 2.19. The minimum absolute atomic E-state index is 0.461. The molecule has 1 N–H and O–H groups in total. The maximum atomic E-state index is 11.5. The van der Waals surface area contributed by atoms with E-state index < -0.39 is 11.2 Å². The summed E-state index contributed by atoms with van der Waals surface area (Å²) < 4.78 is 0. The molecule has 0 aromatic heterocycles. The molecule has 1 unspecified atom stereocenters. The van der Waals surface area contributed by atoms with Crippen LogP contribution < -0.4 is 0 Å². The normalized spacial score (nSPS) is 12.3. The van der Waals surface area contributed by atoms with E-state index in [4.69, 9.17) is 0 Å². The summed E-state index contributed by atoms with van der Waals surface area (Å²) in [7, 11) is 0. The fourth-order valence-electron chi connectivity index (χ4n) is 2.10. The van der Waals surface area contributed by atoms with Gasteiger partial charge in [0.1, 0.15) is 5.25 Å². The Morgan fingerprint density at radius 3 is 2.19 bits per heavy atom. The monoisotopic (exact) mass is 300 g/mol. The number of hydrogen-bond acceptors (Lipinski definition) is 2. The summed E-state index contributed by atoms with van der Waals surface area (Å²) in [5.41, 5.74) is 2.34. The topological polar surface area (TPSA) is 37.3 Å². The molecular weight excluding hydrogens is 280 g/mol. The van der Waals surface area contributed by atoms with Gasteiger partial charge in [-0.15, -0.1) is 11.8 Å². The molecule has 0 heterocycles. The number of carboxylic acid groups (broad SMARTS) is 1. The predicted octanol–water partition coefficient (Wildman–Crippen LogP) is 4.60. The van der Waals surface area contributed by atoms with E-state index in [9.17, 15) is 9.90 Å². The molecular formula is C18H20O2S. The van der Waals surface area contributed by atoms with Crippen LogP contribution in [0.1, 0.15) is 30.9 Å². The number of carbonyl (C=O) groups is 1. The third-order valence-corrected chi connectivity index (χ3v) is 4.56. The summed E-state index contributed by atoms with van der Waals surface area (Å²) in [6.45, 7) is 4.31. The van der Waals surface area contributed by atoms with Crippen LogP contribution in [0.25, 0.3) is 0 Å². The van der Waals surface area contributed by atoms with Crippen LogP contribution in [0.3, 0.4) is 0 Å².